The van der Waals surface area contributed by atoms with Crippen molar-refractivity contribution >= 4 is 17.2 Å². The number of rotatable bonds is 10. The van der Waals surface area contributed by atoms with Gasteiger partial charge in [-0.3, -0.25) is 4.79 Å². The number of ether oxygens (including phenoxy) is 1. The molecular weight excluding hydrogens is 358 g/mol. The summed E-state index contributed by atoms with van der Waals surface area (Å²) >= 11 is 1.58. The highest BCUT2D eigenvalue weighted by Gasteiger charge is 2.19. The van der Waals surface area contributed by atoms with Crippen LogP contribution >= 0.6 is 11.3 Å². The molecule has 0 aliphatic rings. The first-order valence-corrected chi connectivity index (χ1v) is 10.2. The third-order valence-corrected chi connectivity index (χ3v) is 5.00. The Kier molecular flexibility index (Phi) is 7.19. The summed E-state index contributed by atoms with van der Waals surface area (Å²) in [7, 11) is 0. The highest BCUT2D eigenvalue weighted by atomic mass is 32.1. The van der Waals surface area contributed by atoms with E-state index in [-0.39, 0.29) is 5.91 Å². The van der Waals surface area contributed by atoms with Gasteiger partial charge in [-0.05, 0) is 36.4 Å². The van der Waals surface area contributed by atoms with E-state index >= 15 is 0 Å². The summed E-state index contributed by atoms with van der Waals surface area (Å²) < 4.78 is 7.30. The lowest BCUT2D eigenvalue weighted by Gasteiger charge is -2.05. The van der Waals surface area contributed by atoms with Gasteiger partial charge in [-0.2, -0.15) is 5.10 Å². The third kappa shape index (κ3) is 5.28. The SMILES string of the molecule is CCCCOCCCNC(=O)c1cn(-c2ccccc2)nc1-c1cccs1. The highest BCUT2D eigenvalue weighted by Crippen LogP contribution is 2.27. The number of hydrogen-bond acceptors (Lipinski definition) is 4. The Balaban J connectivity index is 1.68. The second-order valence-corrected chi connectivity index (χ2v) is 7.17. The van der Waals surface area contributed by atoms with Crippen molar-refractivity contribution in [2.45, 2.75) is 26.2 Å². The van der Waals surface area contributed by atoms with E-state index in [1.807, 2.05) is 47.8 Å². The van der Waals surface area contributed by atoms with Gasteiger partial charge in [0.1, 0.15) is 5.69 Å². The van der Waals surface area contributed by atoms with Crippen molar-refractivity contribution in [3.05, 3.63) is 59.6 Å². The molecule has 0 unspecified atom stereocenters. The number of para-hydroxylation sites is 1. The summed E-state index contributed by atoms with van der Waals surface area (Å²) in [6.07, 6.45) is 4.82. The molecule has 2 aromatic heterocycles. The van der Waals surface area contributed by atoms with Crippen LogP contribution < -0.4 is 5.32 Å². The maximum Gasteiger partial charge on any atom is 0.255 e. The molecule has 0 radical (unpaired) electrons. The van der Waals surface area contributed by atoms with E-state index < -0.39 is 0 Å². The molecule has 0 saturated carbocycles. The number of aromatic nitrogens is 2. The van der Waals surface area contributed by atoms with Crippen molar-refractivity contribution < 1.29 is 9.53 Å². The first-order chi connectivity index (χ1) is 13.3. The first kappa shape index (κ1) is 19.3. The molecule has 0 bridgehead atoms. The quantitative estimate of drug-likeness (QED) is 0.523. The van der Waals surface area contributed by atoms with E-state index in [4.69, 9.17) is 4.74 Å². The molecule has 1 aromatic carbocycles. The fourth-order valence-electron chi connectivity index (χ4n) is 2.67. The maximum absolute atomic E-state index is 12.7. The molecule has 0 spiro atoms. The Labute approximate surface area is 164 Å². The van der Waals surface area contributed by atoms with Gasteiger partial charge in [0.15, 0.2) is 0 Å². The summed E-state index contributed by atoms with van der Waals surface area (Å²) in [5.74, 6) is -0.103. The fraction of sp³-hybridized carbons (Fsp3) is 0.333. The van der Waals surface area contributed by atoms with Gasteiger partial charge in [0, 0.05) is 26.0 Å². The van der Waals surface area contributed by atoms with Crippen LogP contribution in [0, 0.1) is 0 Å². The van der Waals surface area contributed by atoms with Gasteiger partial charge in [-0.1, -0.05) is 37.6 Å². The Bertz CT molecular complexity index is 829. The second kappa shape index (κ2) is 10.0. The molecule has 1 amide bonds. The fourth-order valence-corrected chi connectivity index (χ4v) is 3.39. The monoisotopic (exact) mass is 383 g/mol. The van der Waals surface area contributed by atoms with E-state index in [1.165, 1.54) is 0 Å². The van der Waals surface area contributed by atoms with Gasteiger partial charge in [0.2, 0.25) is 0 Å². The van der Waals surface area contributed by atoms with Crippen molar-refractivity contribution in [1.82, 2.24) is 15.1 Å². The summed E-state index contributed by atoms with van der Waals surface area (Å²) in [5, 5.41) is 9.65. The van der Waals surface area contributed by atoms with Crippen LogP contribution in [-0.2, 0) is 4.74 Å². The van der Waals surface area contributed by atoms with E-state index in [2.05, 4.69) is 17.3 Å². The zero-order chi connectivity index (χ0) is 18.9. The van der Waals surface area contributed by atoms with Gasteiger partial charge in [-0.25, -0.2) is 4.68 Å². The third-order valence-electron chi connectivity index (χ3n) is 4.13. The molecule has 0 atom stereocenters. The number of carbonyl (C=O) groups is 1. The van der Waals surface area contributed by atoms with Crippen LogP contribution in [0.3, 0.4) is 0 Å². The van der Waals surface area contributed by atoms with Crippen LogP contribution in [-0.4, -0.2) is 35.4 Å². The van der Waals surface area contributed by atoms with Gasteiger partial charge < -0.3 is 10.1 Å². The molecule has 142 valence electrons. The summed E-state index contributed by atoms with van der Waals surface area (Å²) in [5.41, 5.74) is 2.23. The lowest BCUT2D eigenvalue weighted by molar-refractivity contribution is 0.0941. The average Bonchev–Trinajstić information content (AvgIpc) is 3.37. The largest absolute Gasteiger partial charge is 0.381 e. The number of carbonyl (C=O) groups excluding carboxylic acids is 1. The van der Waals surface area contributed by atoms with Crippen LogP contribution in [0.2, 0.25) is 0 Å². The van der Waals surface area contributed by atoms with Crippen LogP contribution in [0.4, 0.5) is 0 Å². The number of nitrogens with zero attached hydrogens (tertiary/aromatic N) is 2. The lowest BCUT2D eigenvalue weighted by atomic mass is 10.2. The van der Waals surface area contributed by atoms with Crippen molar-refractivity contribution in [3.63, 3.8) is 0 Å². The number of hydrogen-bond donors (Lipinski definition) is 1. The molecule has 0 fully saturated rings. The molecular formula is C21H25N3O2S. The van der Waals surface area contributed by atoms with Crippen molar-refractivity contribution in [2.75, 3.05) is 19.8 Å². The van der Waals surface area contributed by atoms with E-state index in [0.717, 1.165) is 36.4 Å². The van der Waals surface area contributed by atoms with E-state index in [1.54, 1.807) is 22.2 Å². The predicted molar refractivity (Wildman–Crippen MR) is 110 cm³/mol. The Morgan fingerprint density at radius 2 is 1.96 bits per heavy atom. The Hall–Kier alpha value is -2.44. The maximum atomic E-state index is 12.7. The van der Waals surface area contributed by atoms with Crippen LogP contribution in [0.1, 0.15) is 36.5 Å². The minimum Gasteiger partial charge on any atom is -0.381 e. The second-order valence-electron chi connectivity index (χ2n) is 6.22. The molecule has 5 nitrogen and oxygen atoms in total. The smallest absolute Gasteiger partial charge is 0.255 e. The standard InChI is InChI=1S/C21H25N3O2S/c1-2-3-13-26-14-8-12-22-21(25)18-16-24(17-9-5-4-6-10-17)23-20(18)19-11-7-15-27-19/h4-7,9-11,15-16H,2-3,8,12-14H2,1H3,(H,22,25). The summed E-state index contributed by atoms with van der Waals surface area (Å²) in [6.45, 7) is 4.19. The van der Waals surface area contributed by atoms with Crippen LogP contribution in [0.25, 0.3) is 16.3 Å². The zero-order valence-corrected chi connectivity index (χ0v) is 16.4. The van der Waals surface area contributed by atoms with E-state index in [0.29, 0.717) is 24.4 Å². The molecule has 1 N–H and O–H groups in total. The molecule has 0 aliphatic carbocycles. The molecule has 0 saturated heterocycles. The normalized spacial score (nSPS) is 10.9. The Morgan fingerprint density at radius 3 is 2.70 bits per heavy atom. The number of nitrogens with one attached hydrogen (secondary N) is 1. The minimum absolute atomic E-state index is 0.103. The van der Waals surface area contributed by atoms with Crippen LogP contribution in [0.5, 0.6) is 0 Å². The molecule has 6 heteroatoms. The van der Waals surface area contributed by atoms with Crippen molar-refractivity contribution in [3.8, 4) is 16.3 Å². The Morgan fingerprint density at radius 1 is 1.15 bits per heavy atom. The predicted octanol–water partition coefficient (Wildman–Crippen LogP) is 4.54. The number of benzene rings is 1. The topological polar surface area (TPSA) is 56.1 Å². The average molecular weight is 384 g/mol. The van der Waals surface area contributed by atoms with Crippen LogP contribution in [0.15, 0.2) is 54.0 Å². The summed E-state index contributed by atoms with van der Waals surface area (Å²) in [4.78, 5) is 13.7. The molecule has 0 aliphatic heterocycles. The van der Waals surface area contributed by atoms with Gasteiger partial charge in [-0.15, -0.1) is 11.3 Å². The van der Waals surface area contributed by atoms with Gasteiger partial charge >= 0.3 is 0 Å². The number of thiophene rings is 1. The zero-order valence-electron chi connectivity index (χ0n) is 15.6. The van der Waals surface area contributed by atoms with E-state index in [9.17, 15) is 4.79 Å². The molecule has 2 heterocycles. The van der Waals surface area contributed by atoms with Gasteiger partial charge in [0.25, 0.3) is 5.91 Å². The van der Waals surface area contributed by atoms with Gasteiger partial charge in [0.05, 0.1) is 16.1 Å². The number of amides is 1. The van der Waals surface area contributed by atoms with Crippen molar-refractivity contribution in [1.29, 1.82) is 0 Å². The van der Waals surface area contributed by atoms with Crippen molar-refractivity contribution in [2.24, 2.45) is 0 Å². The molecule has 3 aromatic rings. The molecule has 27 heavy (non-hydrogen) atoms. The minimum atomic E-state index is -0.103. The summed E-state index contributed by atoms with van der Waals surface area (Å²) in [6, 6.07) is 13.8. The highest BCUT2D eigenvalue weighted by molar-refractivity contribution is 7.13. The lowest BCUT2D eigenvalue weighted by Crippen LogP contribution is -2.25. The molecule has 3 rings (SSSR count). The number of unbranched alkanes of at least 4 members (excludes halogenated alkanes) is 1. The first-order valence-electron chi connectivity index (χ1n) is 9.34.